The first kappa shape index (κ1) is 78.1. The van der Waals surface area contributed by atoms with E-state index in [9.17, 15) is 43.2 Å². The van der Waals surface area contributed by atoms with Gasteiger partial charge < -0.3 is 33.8 Å². The largest absolute Gasteiger partial charge is 0.472 e. The first-order valence-corrected chi connectivity index (χ1v) is 35.0. The molecule has 474 valence electrons. The Morgan fingerprint density at radius 1 is 0.338 bits per heavy atom. The minimum Gasteiger partial charge on any atom is -0.462 e. The van der Waals surface area contributed by atoms with Gasteiger partial charge in [0.1, 0.15) is 19.3 Å². The van der Waals surface area contributed by atoms with Crippen LogP contribution in [0.1, 0.15) is 298 Å². The quantitative estimate of drug-likeness (QED) is 0.0222. The van der Waals surface area contributed by atoms with Gasteiger partial charge in [0.2, 0.25) is 0 Å². The molecule has 0 aliphatic rings. The van der Waals surface area contributed by atoms with Gasteiger partial charge >= 0.3 is 39.5 Å². The van der Waals surface area contributed by atoms with Crippen LogP contribution in [-0.4, -0.2) is 96.7 Å². The Morgan fingerprint density at radius 3 is 0.850 bits per heavy atom. The Bertz CT molecular complexity index is 1580. The Morgan fingerprint density at radius 2 is 0.575 bits per heavy atom. The van der Waals surface area contributed by atoms with Crippen LogP contribution >= 0.6 is 15.6 Å². The van der Waals surface area contributed by atoms with E-state index in [1.807, 2.05) is 0 Å². The number of esters is 4. The molecule has 0 amide bonds. The first-order valence-electron chi connectivity index (χ1n) is 32.0. The molecule has 0 saturated carbocycles. The predicted octanol–water partition coefficient (Wildman–Crippen LogP) is 16.5. The molecule has 0 rings (SSSR count). The van der Waals surface area contributed by atoms with Gasteiger partial charge in [0.25, 0.3) is 0 Å². The van der Waals surface area contributed by atoms with E-state index < -0.39 is 97.5 Å². The van der Waals surface area contributed by atoms with Crippen molar-refractivity contribution >= 4 is 39.5 Å². The van der Waals surface area contributed by atoms with E-state index in [0.717, 1.165) is 109 Å². The van der Waals surface area contributed by atoms with Crippen molar-refractivity contribution in [1.29, 1.82) is 0 Å². The van der Waals surface area contributed by atoms with Crippen LogP contribution in [0, 0.1) is 11.8 Å². The summed E-state index contributed by atoms with van der Waals surface area (Å²) in [5, 5.41) is 10.5. The van der Waals surface area contributed by atoms with E-state index in [0.29, 0.717) is 31.6 Å². The van der Waals surface area contributed by atoms with Gasteiger partial charge in [-0.3, -0.25) is 37.3 Å². The third-order valence-electron chi connectivity index (χ3n) is 14.0. The van der Waals surface area contributed by atoms with Crippen molar-refractivity contribution < 1.29 is 80.2 Å². The normalized spacial score (nSPS) is 14.4. The van der Waals surface area contributed by atoms with Gasteiger partial charge in [0, 0.05) is 25.7 Å². The fourth-order valence-electron chi connectivity index (χ4n) is 9.00. The molecular formula is C61H118O17P2. The van der Waals surface area contributed by atoms with Crippen LogP contribution in [0.5, 0.6) is 0 Å². The number of phosphoric ester groups is 2. The maximum absolute atomic E-state index is 12.9. The van der Waals surface area contributed by atoms with Crippen molar-refractivity contribution in [2.45, 2.75) is 317 Å². The van der Waals surface area contributed by atoms with Gasteiger partial charge in [0.15, 0.2) is 12.2 Å². The molecule has 5 atom stereocenters. The minimum atomic E-state index is -4.94. The third-order valence-corrected chi connectivity index (χ3v) is 15.9. The molecule has 0 spiro atoms. The van der Waals surface area contributed by atoms with Crippen LogP contribution in [0.15, 0.2) is 0 Å². The fraction of sp³-hybridized carbons (Fsp3) is 0.934. The number of carbonyl (C=O) groups is 4. The lowest BCUT2D eigenvalue weighted by atomic mass is 10.0. The average Bonchev–Trinajstić information content (AvgIpc) is 3.41. The molecule has 0 aromatic heterocycles. The van der Waals surface area contributed by atoms with E-state index in [1.54, 1.807) is 0 Å². The van der Waals surface area contributed by atoms with Crippen LogP contribution in [0.25, 0.3) is 0 Å². The van der Waals surface area contributed by atoms with E-state index in [2.05, 4.69) is 41.5 Å². The average molecular weight is 1190 g/mol. The van der Waals surface area contributed by atoms with Crippen molar-refractivity contribution in [3.05, 3.63) is 0 Å². The number of aliphatic hydroxyl groups is 1. The number of carbonyl (C=O) groups excluding carboxylic acids is 4. The second-order valence-electron chi connectivity index (χ2n) is 23.0. The van der Waals surface area contributed by atoms with Gasteiger partial charge in [-0.25, -0.2) is 9.13 Å². The molecule has 80 heavy (non-hydrogen) atoms. The van der Waals surface area contributed by atoms with Gasteiger partial charge in [-0.15, -0.1) is 0 Å². The van der Waals surface area contributed by atoms with E-state index >= 15 is 0 Å². The number of rotatable bonds is 60. The maximum Gasteiger partial charge on any atom is 0.472 e. The Kier molecular flexibility index (Phi) is 52.5. The van der Waals surface area contributed by atoms with Crippen molar-refractivity contribution in [2.75, 3.05) is 39.6 Å². The topological polar surface area (TPSA) is 237 Å². The summed E-state index contributed by atoms with van der Waals surface area (Å²) in [6, 6.07) is 0. The summed E-state index contributed by atoms with van der Waals surface area (Å²) < 4.78 is 67.7. The minimum absolute atomic E-state index is 0.105. The molecule has 0 aliphatic carbocycles. The molecule has 19 heteroatoms. The highest BCUT2D eigenvalue weighted by Gasteiger charge is 2.30. The summed E-state index contributed by atoms with van der Waals surface area (Å²) in [5.41, 5.74) is 0. The lowest BCUT2D eigenvalue weighted by Crippen LogP contribution is -2.30. The molecule has 0 heterocycles. The van der Waals surface area contributed by atoms with E-state index in [4.69, 9.17) is 37.0 Å². The molecule has 0 aromatic rings. The number of phosphoric acid groups is 2. The number of hydrogen-bond donors (Lipinski definition) is 3. The second-order valence-corrected chi connectivity index (χ2v) is 25.9. The number of hydrogen-bond acceptors (Lipinski definition) is 15. The van der Waals surface area contributed by atoms with Crippen molar-refractivity contribution in [3.63, 3.8) is 0 Å². The summed E-state index contributed by atoms with van der Waals surface area (Å²) in [5.74, 6) is -0.698. The Labute approximate surface area is 486 Å². The molecule has 2 unspecified atom stereocenters. The summed E-state index contributed by atoms with van der Waals surface area (Å²) in [4.78, 5) is 71.9. The Balaban J connectivity index is 5.21. The van der Waals surface area contributed by atoms with Crippen LogP contribution in [-0.2, 0) is 65.4 Å². The molecule has 0 aromatic carbocycles. The lowest BCUT2D eigenvalue weighted by molar-refractivity contribution is -0.161. The molecular weight excluding hydrogens is 1070 g/mol. The van der Waals surface area contributed by atoms with Crippen LogP contribution in [0.2, 0.25) is 0 Å². The van der Waals surface area contributed by atoms with E-state index in [1.165, 1.54) is 103 Å². The maximum atomic E-state index is 12.9. The smallest absolute Gasteiger partial charge is 0.462 e. The summed E-state index contributed by atoms with van der Waals surface area (Å²) in [6.07, 6.45) is 35.0. The molecule has 3 N–H and O–H groups in total. The number of aliphatic hydroxyl groups excluding tert-OH is 1. The van der Waals surface area contributed by atoms with Crippen molar-refractivity contribution in [3.8, 4) is 0 Å². The van der Waals surface area contributed by atoms with Crippen LogP contribution < -0.4 is 0 Å². The third kappa shape index (κ3) is 55.3. The molecule has 0 saturated heterocycles. The van der Waals surface area contributed by atoms with Gasteiger partial charge in [-0.2, -0.15) is 0 Å². The van der Waals surface area contributed by atoms with Crippen LogP contribution in [0.4, 0.5) is 0 Å². The zero-order valence-corrected chi connectivity index (χ0v) is 53.2. The number of unbranched alkanes of at least 4 members (excludes halogenated alkanes) is 30. The zero-order chi connectivity index (χ0) is 59.4. The SMILES string of the molecule is CCCCCCCCCCCC(=O)O[C@H](COC(=O)CCCCCCCCCC)COP(=O)(O)OC[C@H](O)COP(=O)(O)OC[C@@H](COC(=O)CCCCCCCCC(C)C)OC(=O)CCCCCCCCCCCCCC(C)C. The summed E-state index contributed by atoms with van der Waals surface area (Å²) >= 11 is 0. The lowest BCUT2D eigenvalue weighted by Gasteiger charge is -2.21. The van der Waals surface area contributed by atoms with Crippen molar-refractivity contribution in [2.24, 2.45) is 11.8 Å². The van der Waals surface area contributed by atoms with Crippen LogP contribution in [0.3, 0.4) is 0 Å². The monoisotopic (exact) mass is 1180 g/mol. The second kappa shape index (κ2) is 53.8. The highest BCUT2D eigenvalue weighted by molar-refractivity contribution is 7.47. The fourth-order valence-corrected chi connectivity index (χ4v) is 10.6. The molecule has 0 aliphatic heterocycles. The molecule has 17 nitrogen and oxygen atoms in total. The van der Waals surface area contributed by atoms with Crippen molar-refractivity contribution in [1.82, 2.24) is 0 Å². The Hall–Kier alpha value is -1.94. The number of ether oxygens (including phenoxy) is 4. The zero-order valence-electron chi connectivity index (χ0n) is 51.4. The first-order chi connectivity index (χ1) is 38.4. The van der Waals surface area contributed by atoms with E-state index in [-0.39, 0.29) is 25.7 Å². The van der Waals surface area contributed by atoms with Gasteiger partial charge in [0.05, 0.1) is 26.4 Å². The predicted molar refractivity (Wildman–Crippen MR) is 317 cm³/mol. The molecule has 0 fully saturated rings. The highest BCUT2D eigenvalue weighted by Crippen LogP contribution is 2.45. The molecule has 0 bridgehead atoms. The summed E-state index contributed by atoms with van der Waals surface area (Å²) in [6.45, 7) is 9.35. The highest BCUT2D eigenvalue weighted by atomic mass is 31.2. The molecule has 0 radical (unpaired) electrons. The summed E-state index contributed by atoms with van der Waals surface area (Å²) in [7, 11) is -9.88. The standard InChI is InChI=1S/C61H118O17P2/c1-7-9-11-13-15-20-25-33-39-45-60(65)77-56(49-71-58(63)43-37-31-24-16-14-12-10-8-2)51-75-79(67,68)73-47-55(62)48-74-80(69,70)76-52-57(50-72-59(64)44-38-32-28-27-30-36-42-54(5)6)78-61(66)46-40-34-26-22-19-17-18-21-23-29-35-41-53(3)4/h53-57,62H,7-52H2,1-6H3,(H,67,68)(H,69,70)/t55-,56+,57+/m0/s1. The van der Waals surface area contributed by atoms with Gasteiger partial charge in [-0.05, 0) is 37.5 Å². The van der Waals surface area contributed by atoms with Gasteiger partial charge in [-0.1, -0.05) is 247 Å².